The molecule has 0 spiro atoms. The first kappa shape index (κ1) is 15.0. The van der Waals surface area contributed by atoms with Gasteiger partial charge < -0.3 is 4.74 Å². The minimum absolute atomic E-state index is 0.0802. The van der Waals surface area contributed by atoms with Gasteiger partial charge in [-0.1, -0.05) is 36.4 Å². The Labute approximate surface area is 122 Å². The highest BCUT2D eigenvalue weighted by Crippen LogP contribution is 2.14. The summed E-state index contributed by atoms with van der Waals surface area (Å²) in [6.45, 7) is 0.127. The summed E-state index contributed by atoms with van der Waals surface area (Å²) in [5.74, 6) is 0. The Morgan fingerprint density at radius 2 is 1.81 bits per heavy atom. The Bertz CT molecular complexity index is 730. The summed E-state index contributed by atoms with van der Waals surface area (Å²) in [5, 5.41) is 7.46. The van der Waals surface area contributed by atoms with Gasteiger partial charge in [-0.3, -0.25) is 5.32 Å². The third-order valence-corrected chi connectivity index (χ3v) is 3.53. The van der Waals surface area contributed by atoms with Gasteiger partial charge in [0.15, 0.2) is 0 Å². The van der Waals surface area contributed by atoms with Crippen LogP contribution in [0.15, 0.2) is 59.5 Å². The van der Waals surface area contributed by atoms with Crippen LogP contribution in [-0.4, -0.2) is 14.5 Å². The molecule has 0 saturated carbocycles. The second-order valence-corrected chi connectivity index (χ2v) is 5.82. The van der Waals surface area contributed by atoms with Crippen molar-refractivity contribution < 1.29 is 17.9 Å². The summed E-state index contributed by atoms with van der Waals surface area (Å²) < 4.78 is 27.5. The normalized spacial score (nSPS) is 10.9. The molecule has 0 fully saturated rings. The number of hydrogen-bond donors (Lipinski definition) is 2. The zero-order valence-electron chi connectivity index (χ0n) is 11.0. The molecule has 0 unspecified atom stereocenters. The first-order valence-electron chi connectivity index (χ1n) is 6.06. The maximum atomic E-state index is 11.6. The van der Waals surface area contributed by atoms with Gasteiger partial charge in [0.05, 0.1) is 4.90 Å². The van der Waals surface area contributed by atoms with Crippen LogP contribution in [0.5, 0.6) is 0 Å². The van der Waals surface area contributed by atoms with E-state index in [1.807, 2.05) is 30.3 Å². The van der Waals surface area contributed by atoms with Gasteiger partial charge in [-0.25, -0.2) is 18.4 Å². The van der Waals surface area contributed by atoms with Crippen LogP contribution in [0.3, 0.4) is 0 Å². The Morgan fingerprint density at radius 1 is 1.10 bits per heavy atom. The molecule has 0 aromatic heterocycles. The number of amides is 1. The molecule has 2 aromatic carbocycles. The summed E-state index contributed by atoms with van der Waals surface area (Å²) in [5.41, 5.74) is 1.14. The zero-order chi connectivity index (χ0) is 15.3. The lowest BCUT2D eigenvalue weighted by Gasteiger charge is -2.08. The number of carbonyl (C=O) groups excluding carboxylic acids is 1. The molecule has 3 N–H and O–H groups in total. The Balaban J connectivity index is 1.97. The number of nitrogens with one attached hydrogen (secondary N) is 1. The molecule has 0 aliphatic heterocycles. The molecule has 0 aliphatic carbocycles. The van der Waals surface area contributed by atoms with E-state index >= 15 is 0 Å². The molecule has 0 heterocycles. The second kappa shape index (κ2) is 6.38. The van der Waals surface area contributed by atoms with Gasteiger partial charge in [-0.2, -0.15) is 0 Å². The van der Waals surface area contributed by atoms with E-state index in [-0.39, 0.29) is 11.5 Å². The van der Waals surface area contributed by atoms with Gasteiger partial charge in [0, 0.05) is 5.69 Å². The largest absolute Gasteiger partial charge is 0.444 e. The molecule has 1 amide bonds. The molecule has 2 rings (SSSR count). The standard InChI is InChI=1S/C14H14N2O4S/c15-21(18,19)13-8-4-7-12(9-13)16-14(17)20-10-11-5-2-1-3-6-11/h1-9H,10H2,(H,16,17)(H2,15,18,19). The minimum atomic E-state index is -3.81. The minimum Gasteiger partial charge on any atom is -0.444 e. The first-order valence-corrected chi connectivity index (χ1v) is 7.60. The monoisotopic (exact) mass is 306 g/mol. The first-order chi connectivity index (χ1) is 9.95. The highest BCUT2D eigenvalue weighted by atomic mass is 32.2. The molecule has 2 aromatic rings. The van der Waals surface area contributed by atoms with E-state index in [2.05, 4.69) is 5.32 Å². The molecular formula is C14H14N2O4S. The maximum Gasteiger partial charge on any atom is 0.411 e. The molecule has 6 nitrogen and oxygen atoms in total. The van der Waals surface area contributed by atoms with Gasteiger partial charge in [-0.05, 0) is 23.8 Å². The topological polar surface area (TPSA) is 98.5 Å². The average molecular weight is 306 g/mol. The van der Waals surface area contributed by atoms with E-state index < -0.39 is 16.1 Å². The highest BCUT2D eigenvalue weighted by molar-refractivity contribution is 7.89. The highest BCUT2D eigenvalue weighted by Gasteiger charge is 2.10. The average Bonchev–Trinajstić information content (AvgIpc) is 2.46. The van der Waals surface area contributed by atoms with Crippen molar-refractivity contribution in [3.63, 3.8) is 0 Å². The number of anilines is 1. The van der Waals surface area contributed by atoms with Crippen molar-refractivity contribution in [2.24, 2.45) is 5.14 Å². The molecule has 0 atom stereocenters. The zero-order valence-corrected chi connectivity index (χ0v) is 11.8. The van der Waals surface area contributed by atoms with Gasteiger partial charge >= 0.3 is 6.09 Å². The Hall–Kier alpha value is -2.38. The van der Waals surface area contributed by atoms with Gasteiger partial charge in [0.25, 0.3) is 0 Å². The van der Waals surface area contributed by atoms with Crippen molar-refractivity contribution in [1.29, 1.82) is 0 Å². The van der Waals surface area contributed by atoms with Gasteiger partial charge in [-0.15, -0.1) is 0 Å². The third-order valence-electron chi connectivity index (χ3n) is 2.62. The molecule has 0 bridgehead atoms. The summed E-state index contributed by atoms with van der Waals surface area (Å²) >= 11 is 0. The number of benzene rings is 2. The van der Waals surface area contributed by atoms with Crippen molar-refractivity contribution in [1.82, 2.24) is 0 Å². The molecule has 0 saturated heterocycles. The van der Waals surface area contributed by atoms with Crippen molar-refractivity contribution >= 4 is 21.8 Å². The van der Waals surface area contributed by atoms with E-state index in [0.29, 0.717) is 5.69 Å². The summed E-state index contributed by atoms with van der Waals surface area (Å²) in [6, 6.07) is 14.8. The molecule has 7 heteroatoms. The predicted octanol–water partition coefficient (Wildman–Crippen LogP) is 2.08. The van der Waals surface area contributed by atoms with Crippen LogP contribution in [0.4, 0.5) is 10.5 Å². The van der Waals surface area contributed by atoms with Crippen molar-refractivity contribution in [3.8, 4) is 0 Å². The van der Waals surface area contributed by atoms with E-state index in [1.54, 1.807) is 6.07 Å². The van der Waals surface area contributed by atoms with Crippen LogP contribution in [0.25, 0.3) is 0 Å². The quantitative estimate of drug-likeness (QED) is 0.903. The van der Waals surface area contributed by atoms with Crippen LogP contribution >= 0.6 is 0 Å². The Morgan fingerprint density at radius 3 is 2.48 bits per heavy atom. The molecule has 0 aliphatic rings. The fourth-order valence-electron chi connectivity index (χ4n) is 1.63. The van der Waals surface area contributed by atoms with Crippen molar-refractivity contribution in [3.05, 3.63) is 60.2 Å². The molecule has 0 radical (unpaired) electrons. The number of sulfonamides is 1. The number of nitrogens with two attached hydrogens (primary N) is 1. The predicted molar refractivity (Wildman–Crippen MR) is 78.1 cm³/mol. The van der Waals surface area contributed by atoms with Crippen LogP contribution in [0.1, 0.15) is 5.56 Å². The van der Waals surface area contributed by atoms with Crippen LogP contribution in [0.2, 0.25) is 0 Å². The summed E-state index contributed by atoms with van der Waals surface area (Å²) in [7, 11) is -3.81. The van der Waals surface area contributed by atoms with Crippen molar-refractivity contribution in [2.75, 3.05) is 5.32 Å². The fraction of sp³-hybridized carbons (Fsp3) is 0.0714. The van der Waals surface area contributed by atoms with E-state index in [9.17, 15) is 13.2 Å². The lowest BCUT2D eigenvalue weighted by Crippen LogP contribution is -2.15. The van der Waals surface area contributed by atoms with E-state index in [0.717, 1.165) is 5.56 Å². The van der Waals surface area contributed by atoms with Crippen LogP contribution < -0.4 is 10.5 Å². The lowest BCUT2D eigenvalue weighted by atomic mass is 10.2. The number of rotatable bonds is 4. The SMILES string of the molecule is NS(=O)(=O)c1cccc(NC(=O)OCc2ccccc2)c1. The van der Waals surface area contributed by atoms with Crippen LogP contribution in [0, 0.1) is 0 Å². The second-order valence-electron chi connectivity index (χ2n) is 4.26. The molecular weight excluding hydrogens is 292 g/mol. The molecule has 110 valence electrons. The van der Waals surface area contributed by atoms with Crippen LogP contribution in [-0.2, 0) is 21.4 Å². The number of primary sulfonamides is 1. The van der Waals surface area contributed by atoms with Gasteiger partial charge in [0.1, 0.15) is 6.61 Å². The number of ether oxygens (including phenoxy) is 1. The van der Waals surface area contributed by atoms with E-state index in [1.165, 1.54) is 18.2 Å². The molecule has 21 heavy (non-hydrogen) atoms. The number of hydrogen-bond acceptors (Lipinski definition) is 4. The fourth-order valence-corrected chi connectivity index (χ4v) is 2.19. The van der Waals surface area contributed by atoms with Gasteiger partial charge in [0.2, 0.25) is 10.0 Å². The third kappa shape index (κ3) is 4.59. The lowest BCUT2D eigenvalue weighted by molar-refractivity contribution is 0.155. The maximum absolute atomic E-state index is 11.6. The summed E-state index contributed by atoms with van der Waals surface area (Å²) in [6.07, 6.45) is -0.676. The van der Waals surface area contributed by atoms with Crippen molar-refractivity contribution in [2.45, 2.75) is 11.5 Å². The number of carbonyl (C=O) groups is 1. The smallest absolute Gasteiger partial charge is 0.411 e. The Kier molecular flexibility index (Phi) is 4.56. The summed E-state index contributed by atoms with van der Waals surface area (Å²) in [4.78, 5) is 11.6. The van der Waals surface area contributed by atoms with E-state index in [4.69, 9.17) is 9.88 Å².